The number of hydrogen-bond acceptors (Lipinski definition) is 5. The molecule has 1 unspecified atom stereocenters. The molecule has 0 amide bonds. The molecule has 2 aromatic carbocycles. The zero-order valence-corrected chi connectivity index (χ0v) is 15.7. The molecule has 0 aliphatic rings. The second-order valence-electron chi connectivity index (χ2n) is 6.95. The number of aliphatic hydroxyl groups is 2. The molecule has 2 aromatic heterocycles. The van der Waals surface area contributed by atoms with Crippen LogP contribution in [0.1, 0.15) is 36.5 Å². The number of nitrogens with zero attached hydrogens (tertiary/aromatic N) is 3. The van der Waals surface area contributed by atoms with Crippen LogP contribution in [0, 0.1) is 0 Å². The number of hydrogen-bond donors (Lipinski definition) is 2. The van der Waals surface area contributed by atoms with Crippen LogP contribution >= 0.6 is 0 Å². The summed E-state index contributed by atoms with van der Waals surface area (Å²) in [5.41, 5.74) is 4.93. The molecule has 0 fully saturated rings. The molecule has 0 saturated carbocycles. The zero-order chi connectivity index (χ0) is 19.5. The zero-order valence-electron chi connectivity index (χ0n) is 15.7. The van der Waals surface area contributed by atoms with Gasteiger partial charge >= 0.3 is 0 Å². The summed E-state index contributed by atoms with van der Waals surface area (Å²) in [4.78, 5) is 4.20. The highest BCUT2D eigenvalue weighted by Gasteiger charge is 2.14. The first kappa shape index (κ1) is 18.4. The Morgan fingerprint density at radius 2 is 1.89 bits per heavy atom. The monoisotopic (exact) mass is 377 g/mol. The van der Waals surface area contributed by atoms with Gasteiger partial charge in [0.1, 0.15) is 17.6 Å². The maximum absolute atomic E-state index is 9.83. The van der Waals surface area contributed by atoms with E-state index in [0.29, 0.717) is 12.4 Å². The van der Waals surface area contributed by atoms with E-state index in [4.69, 9.17) is 9.63 Å². The molecule has 0 aliphatic heterocycles. The van der Waals surface area contributed by atoms with Gasteiger partial charge in [0, 0.05) is 24.4 Å². The van der Waals surface area contributed by atoms with Crippen molar-refractivity contribution in [2.24, 2.45) is 0 Å². The topological polar surface area (TPSA) is 84.3 Å². The minimum absolute atomic E-state index is 0.212. The first-order chi connectivity index (χ1) is 13.7. The summed E-state index contributed by atoms with van der Waals surface area (Å²) >= 11 is 0. The fourth-order valence-electron chi connectivity index (χ4n) is 3.41. The van der Waals surface area contributed by atoms with Crippen LogP contribution in [0.25, 0.3) is 22.1 Å². The lowest BCUT2D eigenvalue weighted by atomic mass is 10.0. The molecular formula is C22H23N3O3. The third-order valence-corrected chi connectivity index (χ3v) is 4.90. The van der Waals surface area contributed by atoms with Gasteiger partial charge in [-0.1, -0.05) is 35.5 Å². The van der Waals surface area contributed by atoms with E-state index in [-0.39, 0.29) is 6.61 Å². The van der Waals surface area contributed by atoms with Gasteiger partial charge in [-0.25, -0.2) is 4.98 Å². The second kappa shape index (κ2) is 7.96. The van der Waals surface area contributed by atoms with Crippen LogP contribution < -0.4 is 0 Å². The largest absolute Gasteiger partial charge is 0.396 e. The van der Waals surface area contributed by atoms with Crippen molar-refractivity contribution in [1.29, 1.82) is 0 Å². The molecule has 2 N–H and O–H groups in total. The molecule has 4 aromatic rings. The Kier molecular flexibility index (Phi) is 5.23. The maximum Gasteiger partial charge on any atom is 0.167 e. The van der Waals surface area contributed by atoms with E-state index >= 15 is 0 Å². The van der Waals surface area contributed by atoms with E-state index in [0.717, 1.165) is 40.6 Å². The number of fused-ring (bicyclic) bond motifs is 1. The highest BCUT2D eigenvalue weighted by Crippen LogP contribution is 2.27. The van der Waals surface area contributed by atoms with Gasteiger partial charge in [-0.2, -0.15) is 0 Å². The summed E-state index contributed by atoms with van der Waals surface area (Å²) in [6.07, 6.45) is 4.52. The highest BCUT2D eigenvalue weighted by molar-refractivity contribution is 5.84. The lowest BCUT2D eigenvalue weighted by Crippen LogP contribution is -2.07. The van der Waals surface area contributed by atoms with Gasteiger partial charge in [0.05, 0.1) is 6.54 Å². The lowest BCUT2D eigenvalue weighted by molar-refractivity contribution is 0.184. The molecule has 0 bridgehead atoms. The third kappa shape index (κ3) is 3.69. The first-order valence-electron chi connectivity index (χ1n) is 9.43. The molecule has 6 heteroatoms. The molecule has 144 valence electrons. The van der Waals surface area contributed by atoms with Gasteiger partial charge in [0.25, 0.3) is 0 Å². The van der Waals surface area contributed by atoms with Crippen molar-refractivity contribution in [2.75, 3.05) is 6.61 Å². The summed E-state index contributed by atoms with van der Waals surface area (Å²) in [5.74, 6) is 0.606. The number of aliphatic hydroxyl groups excluding tert-OH is 2. The molecule has 6 nitrogen and oxygen atoms in total. The van der Waals surface area contributed by atoms with Crippen molar-refractivity contribution < 1.29 is 14.7 Å². The molecule has 0 radical (unpaired) electrons. The Bertz CT molecular complexity index is 1060. The van der Waals surface area contributed by atoms with Gasteiger partial charge in [-0.3, -0.25) is 0 Å². The quantitative estimate of drug-likeness (QED) is 0.513. The molecule has 0 spiro atoms. The van der Waals surface area contributed by atoms with Gasteiger partial charge in [0.2, 0.25) is 0 Å². The van der Waals surface area contributed by atoms with Crippen LogP contribution in [0.15, 0.2) is 59.4 Å². The average molecular weight is 377 g/mol. The van der Waals surface area contributed by atoms with Crippen LogP contribution in [-0.4, -0.2) is 31.5 Å². The molecule has 1 atom stereocenters. The summed E-state index contributed by atoms with van der Waals surface area (Å²) < 4.78 is 7.44. The van der Waals surface area contributed by atoms with Crippen LogP contribution in [0.4, 0.5) is 0 Å². The van der Waals surface area contributed by atoms with Crippen molar-refractivity contribution in [1.82, 2.24) is 14.7 Å². The molecule has 4 rings (SSSR count). The van der Waals surface area contributed by atoms with Crippen molar-refractivity contribution in [3.05, 3.63) is 71.9 Å². The molecule has 0 aliphatic carbocycles. The Morgan fingerprint density at radius 3 is 2.64 bits per heavy atom. The SMILES string of the molecule is CC(O)c1nccn1Cc1noc2cc(-c3ccc(CCCO)cc3)ccc12. The van der Waals surface area contributed by atoms with Crippen LogP contribution in [0.5, 0.6) is 0 Å². The van der Waals surface area contributed by atoms with Crippen molar-refractivity contribution in [3.8, 4) is 11.1 Å². The normalized spacial score (nSPS) is 12.5. The fraction of sp³-hybridized carbons (Fsp3) is 0.273. The minimum atomic E-state index is -0.639. The number of rotatable bonds is 7. The third-order valence-electron chi connectivity index (χ3n) is 4.90. The highest BCUT2D eigenvalue weighted by atomic mass is 16.5. The smallest absolute Gasteiger partial charge is 0.167 e. The minimum Gasteiger partial charge on any atom is -0.396 e. The van der Waals surface area contributed by atoms with Crippen molar-refractivity contribution in [3.63, 3.8) is 0 Å². The van der Waals surface area contributed by atoms with Gasteiger partial charge < -0.3 is 19.3 Å². The average Bonchev–Trinajstić information content (AvgIpc) is 3.34. The van der Waals surface area contributed by atoms with E-state index in [2.05, 4.69) is 40.5 Å². The predicted molar refractivity (Wildman–Crippen MR) is 107 cm³/mol. The van der Waals surface area contributed by atoms with Crippen molar-refractivity contribution >= 4 is 11.0 Å². The van der Waals surface area contributed by atoms with E-state index in [1.807, 2.05) is 22.9 Å². The summed E-state index contributed by atoms with van der Waals surface area (Å²) in [6.45, 7) is 2.40. The second-order valence-corrected chi connectivity index (χ2v) is 6.95. The van der Waals surface area contributed by atoms with Crippen molar-refractivity contribution in [2.45, 2.75) is 32.4 Å². The van der Waals surface area contributed by atoms with Gasteiger partial charge in [-0.05, 0) is 48.6 Å². The van der Waals surface area contributed by atoms with Gasteiger partial charge in [-0.15, -0.1) is 0 Å². The van der Waals surface area contributed by atoms with E-state index in [9.17, 15) is 5.11 Å². The van der Waals surface area contributed by atoms with Crippen LogP contribution in [-0.2, 0) is 13.0 Å². The van der Waals surface area contributed by atoms with Gasteiger partial charge in [0.15, 0.2) is 5.58 Å². The maximum atomic E-state index is 9.83. The predicted octanol–water partition coefficient (Wildman–Crippen LogP) is 3.72. The summed E-state index contributed by atoms with van der Waals surface area (Å²) in [5, 5.41) is 24.0. The Labute approximate surface area is 163 Å². The summed E-state index contributed by atoms with van der Waals surface area (Å²) in [7, 11) is 0. The first-order valence-corrected chi connectivity index (χ1v) is 9.43. The van der Waals surface area contributed by atoms with E-state index < -0.39 is 6.10 Å². The number of benzene rings is 2. The number of imidazole rings is 1. The lowest BCUT2D eigenvalue weighted by Gasteiger charge is -2.08. The molecule has 2 heterocycles. The molecular weight excluding hydrogens is 354 g/mol. The molecule has 28 heavy (non-hydrogen) atoms. The standard InChI is InChI=1S/C22H23N3O3/c1-15(27)22-23-10-11-25(22)14-20-19-9-8-18(13-21(19)28-24-20)17-6-4-16(5-7-17)3-2-12-26/h4-11,13,15,26-27H,2-3,12,14H2,1H3. The van der Waals surface area contributed by atoms with E-state index in [1.54, 1.807) is 13.1 Å². The molecule has 0 saturated heterocycles. The Morgan fingerprint density at radius 1 is 1.11 bits per heavy atom. The Balaban J connectivity index is 1.58. The Hall–Kier alpha value is -2.96. The fourth-order valence-corrected chi connectivity index (χ4v) is 3.41. The van der Waals surface area contributed by atoms with Crippen LogP contribution in [0.3, 0.4) is 0 Å². The number of aryl methyl sites for hydroxylation is 1. The van der Waals surface area contributed by atoms with E-state index in [1.165, 1.54) is 5.56 Å². The number of aromatic nitrogens is 3. The summed E-state index contributed by atoms with van der Waals surface area (Å²) in [6, 6.07) is 14.5. The van der Waals surface area contributed by atoms with Crippen LogP contribution in [0.2, 0.25) is 0 Å².